The fraction of sp³-hybridized carbons (Fsp3) is 0.263. The zero-order chi connectivity index (χ0) is 17.5. The van der Waals surface area contributed by atoms with Gasteiger partial charge in [-0.1, -0.05) is 24.3 Å². The molecule has 1 N–H and O–H groups in total. The van der Waals surface area contributed by atoms with Crippen molar-refractivity contribution in [2.45, 2.75) is 26.4 Å². The molecule has 0 saturated heterocycles. The average molecular weight is 327 g/mol. The molecule has 0 spiro atoms. The molecule has 5 nitrogen and oxygen atoms in total. The first kappa shape index (κ1) is 17.5. The predicted octanol–water partition coefficient (Wildman–Crippen LogP) is 3.12. The number of ether oxygens (including phenoxy) is 2. The maximum absolute atomic E-state index is 12.1. The first-order chi connectivity index (χ1) is 11.5. The third kappa shape index (κ3) is 4.84. The highest BCUT2D eigenvalue weighted by atomic mass is 16.5. The summed E-state index contributed by atoms with van der Waals surface area (Å²) in [6.07, 6.45) is -0.726. The van der Waals surface area contributed by atoms with Crippen molar-refractivity contribution in [3.8, 4) is 5.75 Å². The van der Waals surface area contributed by atoms with Gasteiger partial charge in [0, 0.05) is 5.69 Å². The Hall–Kier alpha value is -2.82. The molecule has 1 atom stereocenters. The smallest absolute Gasteiger partial charge is 0.311 e. The summed E-state index contributed by atoms with van der Waals surface area (Å²) in [4.78, 5) is 24.1. The minimum atomic E-state index is -0.872. The summed E-state index contributed by atoms with van der Waals surface area (Å²) >= 11 is 0. The minimum absolute atomic E-state index is 0.146. The van der Waals surface area contributed by atoms with Gasteiger partial charge >= 0.3 is 5.97 Å². The van der Waals surface area contributed by atoms with Crippen LogP contribution in [-0.2, 0) is 20.7 Å². The van der Waals surface area contributed by atoms with Gasteiger partial charge in [0.05, 0.1) is 13.5 Å². The first-order valence-electron chi connectivity index (χ1n) is 7.68. The molecule has 0 bridgehead atoms. The number of anilines is 1. The SMILES string of the molecule is COc1ccc(NC(=O)[C@@H](C)OC(=O)Cc2ccccc2C)cc1. The number of hydrogen-bond donors (Lipinski definition) is 1. The minimum Gasteiger partial charge on any atom is -0.497 e. The summed E-state index contributed by atoms with van der Waals surface area (Å²) < 4.78 is 10.3. The lowest BCUT2D eigenvalue weighted by atomic mass is 10.1. The number of rotatable bonds is 6. The van der Waals surface area contributed by atoms with Gasteiger partial charge in [0.25, 0.3) is 5.91 Å². The van der Waals surface area contributed by atoms with Crippen LogP contribution >= 0.6 is 0 Å². The summed E-state index contributed by atoms with van der Waals surface area (Å²) in [6, 6.07) is 14.5. The van der Waals surface area contributed by atoms with E-state index in [1.165, 1.54) is 0 Å². The number of methoxy groups -OCH3 is 1. The van der Waals surface area contributed by atoms with Crippen LogP contribution in [0.15, 0.2) is 48.5 Å². The Morgan fingerprint density at radius 1 is 1.08 bits per heavy atom. The number of benzene rings is 2. The van der Waals surface area contributed by atoms with Gasteiger partial charge in [-0.05, 0) is 49.2 Å². The molecular formula is C19H21NO4. The van der Waals surface area contributed by atoms with E-state index in [1.54, 1.807) is 38.3 Å². The first-order valence-corrected chi connectivity index (χ1v) is 7.68. The van der Waals surface area contributed by atoms with Crippen LogP contribution in [0.5, 0.6) is 5.75 Å². The normalized spacial score (nSPS) is 11.5. The Morgan fingerprint density at radius 3 is 2.38 bits per heavy atom. The fourth-order valence-electron chi connectivity index (χ4n) is 2.17. The van der Waals surface area contributed by atoms with Crippen molar-refractivity contribution < 1.29 is 19.1 Å². The van der Waals surface area contributed by atoms with E-state index >= 15 is 0 Å². The molecule has 2 aromatic carbocycles. The molecule has 5 heteroatoms. The van der Waals surface area contributed by atoms with E-state index < -0.39 is 12.1 Å². The number of nitrogens with one attached hydrogen (secondary N) is 1. The highest BCUT2D eigenvalue weighted by Crippen LogP contribution is 2.15. The number of carbonyl (C=O) groups excluding carboxylic acids is 2. The van der Waals surface area contributed by atoms with E-state index in [-0.39, 0.29) is 12.3 Å². The van der Waals surface area contributed by atoms with E-state index in [0.29, 0.717) is 11.4 Å². The Morgan fingerprint density at radius 2 is 1.75 bits per heavy atom. The topological polar surface area (TPSA) is 64.6 Å². The number of esters is 1. The zero-order valence-electron chi connectivity index (χ0n) is 14.0. The largest absolute Gasteiger partial charge is 0.497 e. The lowest BCUT2D eigenvalue weighted by molar-refractivity contribution is -0.152. The van der Waals surface area contributed by atoms with E-state index in [0.717, 1.165) is 11.1 Å². The van der Waals surface area contributed by atoms with Gasteiger partial charge in [0.15, 0.2) is 6.10 Å². The van der Waals surface area contributed by atoms with Crippen molar-refractivity contribution in [1.82, 2.24) is 0 Å². The van der Waals surface area contributed by atoms with E-state index in [1.807, 2.05) is 31.2 Å². The second kappa shape index (κ2) is 8.15. The summed E-state index contributed by atoms with van der Waals surface area (Å²) in [7, 11) is 1.57. The van der Waals surface area contributed by atoms with Crippen LogP contribution in [0.4, 0.5) is 5.69 Å². The molecule has 126 valence electrons. The van der Waals surface area contributed by atoms with Gasteiger partial charge in [0.1, 0.15) is 5.75 Å². The standard InChI is InChI=1S/C19H21NO4/c1-13-6-4-5-7-15(13)12-18(21)24-14(2)19(22)20-16-8-10-17(23-3)11-9-16/h4-11,14H,12H2,1-3H3,(H,20,22)/t14-/m1/s1. The average Bonchev–Trinajstić information content (AvgIpc) is 2.57. The van der Waals surface area contributed by atoms with Crippen LogP contribution in [0.1, 0.15) is 18.1 Å². The van der Waals surface area contributed by atoms with Crippen LogP contribution in [0, 0.1) is 6.92 Å². The Labute approximate surface area is 141 Å². The molecule has 0 aromatic heterocycles. The summed E-state index contributed by atoms with van der Waals surface area (Å²) in [5.41, 5.74) is 2.53. The highest BCUT2D eigenvalue weighted by molar-refractivity contribution is 5.95. The number of aryl methyl sites for hydroxylation is 1. The quantitative estimate of drug-likeness (QED) is 0.828. The maximum atomic E-state index is 12.1. The molecule has 0 heterocycles. The number of amides is 1. The number of hydrogen-bond acceptors (Lipinski definition) is 4. The Bertz CT molecular complexity index is 710. The Balaban J connectivity index is 1.88. The lowest BCUT2D eigenvalue weighted by Crippen LogP contribution is -2.30. The molecule has 1 amide bonds. The molecule has 0 fully saturated rings. The van der Waals surface area contributed by atoms with Crippen molar-refractivity contribution in [2.24, 2.45) is 0 Å². The molecule has 24 heavy (non-hydrogen) atoms. The predicted molar refractivity (Wildman–Crippen MR) is 92.1 cm³/mol. The van der Waals surface area contributed by atoms with Crippen LogP contribution in [0.2, 0.25) is 0 Å². The molecule has 0 saturated carbocycles. The second-order valence-electron chi connectivity index (χ2n) is 5.45. The van der Waals surface area contributed by atoms with Crippen molar-refractivity contribution in [3.63, 3.8) is 0 Å². The van der Waals surface area contributed by atoms with Crippen LogP contribution in [0.25, 0.3) is 0 Å². The second-order valence-corrected chi connectivity index (χ2v) is 5.45. The molecule has 0 unspecified atom stereocenters. The monoisotopic (exact) mass is 327 g/mol. The molecule has 0 aliphatic heterocycles. The van der Waals surface area contributed by atoms with Crippen LogP contribution in [0.3, 0.4) is 0 Å². The van der Waals surface area contributed by atoms with Crippen molar-refractivity contribution in [2.75, 3.05) is 12.4 Å². The van der Waals surface area contributed by atoms with Gasteiger partial charge in [-0.2, -0.15) is 0 Å². The molecule has 0 radical (unpaired) electrons. The van der Waals surface area contributed by atoms with E-state index in [9.17, 15) is 9.59 Å². The third-order valence-electron chi connectivity index (χ3n) is 3.63. The van der Waals surface area contributed by atoms with Gasteiger partial charge in [-0.3, -0.25) is 9.59 Å². The van der Waals surface area contributed by atoms with Crippen LogP contribution in [-0.4, -0.2) is 25.1 Å². The van der Waals surface area contributed by atoms with Gasteiger partial charge in [0.2, 0.25) is 0 Å². The molecule has 2 rings (SSSR count). The van der Waals surface area contributed by atoms with Crippen molar-refractivity contribution in [3.05, 3.63) is 59.7 Å². The highest BCUT2D eigenvalue weighted by Gasteiger charge is 2.18. The summed E-state index contributed by atoms with van der Waals surface area (Å²) in [5, 5.41) is 2.70. The molecule has 0 aliphatic carbocycles. The van der Waals surface area contributed by atoms with Gasteiger partial charge in [-0.25, -0.2) is 0 Å². The van der Waals surface area contributed by atoms with Gasteiger partial charge < -0.3 is 14.8 Å². The van der Waals surface area contributed by atoms with Crippen LogP contribution < -0.4 is 10.1 Å². The van der Waals surface area contributed by atoms with Gasteiger partial charge in [-0.15, -0.1) is 0 Å². The molecule has 0 aliphatic rings. The fourth-order valence-corrected chi connectivity index (χ4v) is 2.17. The van der Waals surface area contributed by atoms with E-state index in [4.69, 9.17) is 9.47 Å². The molecule has 2 aromatic rings. The lowest BCUT2D eigenvalue weighted by Gasteiger charge is -2.14. The third-order valence-corrected chi connectivity index (χ3v) is 3.63. The summed E-state index contributed by atoms with van der Waals surface area (Å²) in [6.45, 7) is 3.48. The number of carbonyl (C=O) groups is 2. The Kier molecular flexibility index (Phi) is 5.95. The van der Waals surface area contributed by atoms with Crippen molar-refractivity contribution >= 4 is 17.6 Å². The van der Waals surface area contributed by atoms with Crippen molar-refractivity contribution in [1.29, 1.82) is 0 Å². The summed E-state index contributed by atoms with van der Waals surface area (Å²) in [5.74, 6) is -0.106. The molecular weight excluding hydrogens is 306 g/mol. The van der Waals surface area contributed by atoms with E-state index in [2.05, 4.69) is 5.32 Å². The zero-order valence-corrected chi connectivity index (χ0v) is 14.0. The maximum Gasteiger partial charge on any atom is 0.311 e.